The molecule has 0 saturated carbocycles. The fourth-order valence-corrected chi connectivity index (χ4v) is 4.03. The molecule has 0 radical (unpaired) electrons. The molecular weight excluding hydrogens is 407 g/mol. The number of carbonyl (C=O) groups is 1. The number of anilines is 2. The number of nitrogens with zero attached hydrogens (tertiary/aromatic N) is 1. The molecule has 0 aliphatic heterocycles. The monoisotopic (exact) mass is 428 g/mol. The van der Waals surface area contributed by atoms with Crippen molar-refractivity contribution in [1.29, 1.82) is 0 Å². The lowest BCUT2D eigenvalue weighted by atomic mass is 10.2. The number of carbonyl (C=O) groups excluding carboxylic acids is 1. The van der Waals surface area contributed by atoms with Crippen LogP contribution in [0, 0.1) is 13.8 Å². The third kappa shape index (κ3) is 5.61. The fourth-order valence-electron chi connectivity index (χ4n) is 2.67. The number of benzene rings is 2. The molecule has 2 rings (SSSR count). The van der Waals surface area contributed by atoms with Crippen molar-refractivity contribution >= 4 is 50.5 Å². The molecule has 0 bridgehead atoms. The largest absolute Gasteiger partial charge is 0.326 e. The molecule has 146 valence electrons. The lowest BCUT2D eigenvalue weighted by molar-refractivity contribution is -0.116. The molecule has 2 aromatic rings. The molecule has 0 aliphatic rings. The Hall–Kier alpha value is -1.76. The maximum absolute atomic E-state index is 12.2. The van der Waals surface area contributed by atoms with Gasteiger partial charge in [-0.05, 0) is 55.7 Å². The summed E-state index contributed by atoms with van der Waals surface area (Å²) in [5.41, 5.74) is 2.65. The molecule has 0 saturated heterocycles. The average Bonchev–Trinajstić information content (AvgIpc) is 2.58. The van der Waals surface area contributed by atoms with Gasteiger partial charge in [0.05, 0.1) is 11.9 Å². The zero-order chi connectivity index (χ0) is 20.2. The van der Waals surface area contributed by atoms with Gasteiger partial charge in [0.15, 0.2) is 0 Å². The van der Waals surface area contributed by atoms with Gasteiger partial charge in [0.2, 0.25) is 15.9 Å². The third-order valence-electron chi connectivity index (χ3n) is 4.21. The van der Waals surface area contributed by atoms with E-state index in [1.54, 1.807) is 43.3 Å². The van der Waals surface area contributed by atoms with Crippen molar-refractivity contribution in [3.05, 3.63) is 57.6 Å². The fraction of sp³-hybridized carbons (Fsp3) is 0.316. The Morgan fingerprint density at radius 2 is 1.63 bits per heavy atom. The van der Waals surface area contributed by atoms with Crippen LogP contribution in [-0.2, 0) is 14.8 Å². The van der Waals surface area contributed by atoms with E-state index in [1.165, 1.54) is 4.31 Å². The Balaban J connectivity index is 2.05. The van der Waals surface area contributed by atoms with Crippen molar-refractivity contribution in [3.63, 3.8) is 0 Å². The summed E-state index contributed by atoms with van der Waals surface area (Å²) in [6, 6.07) is 10.4. The maximum atomic E-state index is 12.2. The van der Waals surface area contributed by atoms with Gasteiger partial charge in [-0.25, -0.2) is 8.42 Å². The van der Waals surface area contributed by atoms with Gasteiger partial charge < -0.3 is 5.32 Å². The second-order valence-corrected chi connectivity index (χ2v) is 9.00. The molecule has 0 spiro atoms. The maximum Gasteiger partial charge on any atom is 0.232 e. The van der Waals surface area contributed by atoms with E-state index in [-0.39, 0.29) is 18.9 Å². The quantitative estimate of drug-likeness (QED) is 0.688. The summed E-state index contributed by atoms with van der Waals surface area (Å²) in [6.07, 6.45) is 1.69. The highest BCUT2D eigenvalue weighted by atomic mass is 35.5. The van der Waals surface area contributed by atoms with Crippen LogP contribution in [0.15, 0.2) is 36.4 Å². The van der Waals surface area contributed by atoms with Crippen LogP contribution >= 0.6 is 23.2 Å². The van der Waals surface area contributed by atoms with Crippen LogP contribution in [-0.4, -0.2) is 27.1 Å². The van der Waals surface area contributed by atoms with Crippen LogP contribution < -0.4 is 9.62 Å². The van der Waals surface area contributed by atoms with E-state index in [2.05, 4.69) is 5.32 Å². The van der Waals surface area contributed by atoms with Gasteiger partial charge >= 0.3 is 0 Å². The topological polar surface area (TPSA) is 66.5 Å². The molecule has 5 nitrogen and oxygen atoms in total. The van der Waals surface area contributed by atoms with E-state index in [9.17, 15) is 13.2 Å². The van der Waals surface area contributed by atoms with E-state index in [4.69, 9.17) is 23.2 Å². The highest BCUT2D eigenvalue weighted by molar-refractivity contribution is 7.92. The van der Waals surface area contributed by atoms with Crippen LogP contribution in [0.1, 0.15) is 24.0 Å². The summed E-state index contributed by atoms with van der Waals surface area (Å²) >= 11 is 12.2. The van der Waals surface area contributed by atoms with E-state index in [1.807, 2.05) is 6.92 Å². The number of sulfonamides is 1. The van der Waals surface area contributed by atoms with Crippen LogP contribution in [0.5, 0.6) is 0 Å². The zero-order valence-electron chi connectivity index (χ0n) is 15.4. The summed E-state index contributed by atoms with van der Waals surface area (Å²) in [4.78, 5) is 12.2. The Morgan fingerprint density at radius 1 is 1.04 bits per heavy atom. The van der Waals surface area contributed by atoms with Gasteiger partial charge in [-0.3, -0.25) is 9.10 Å². The molecule has 0 atom stereocenters. The van der Waals surface area contributed by atoms with Crippen molar-refractivity contribution in [2.24, 2.45) is 0 Å². The van der Waals surface area contributed by atoms with Gasteiger partial charge in [-0.2, -0.15) is 0 Å². The van der Waals surface area contributed by atoms with Gasteiger partial charge in [-0.15, -0.1) is 0 Å². The average molecular weight is 429 g/mol. The minimum Gasteiger partial charge on any atom is -0.326 e. The number of hydrogen-bond donors (Lipinski definition) is 1. The van der Waals surface area contributed by atoms with Crippen LogP contribution in [0.25, 0.3) is 0 Å². The number of nitrogens with one attached hydrogen (secondary N) is 1. The number of amides is 1. The molecule has 0 unspecified atom stereocenters. The highest BCUT2D eigenvalue weighted by Gasteiger charge is 2.20. The molecule has 0 aromatic heterocycles. The van der Waals surface area contributed by atoms with E-state index >= 15 is 0 Å². The van der Waals surface area contributed by atoms with Gasteiger partial charge in [0, 0.05) is 28.7 Å². The van der Waals surface area contributed by atoms with Gasteiger partial charge in [0.1, 0.15) is 0 Å². The molecule has 2 aromatic carbocycles. The van der Waals surface area contributed by atoms with Crippen LogP contribution in [0.4, 0.5) is 11.4 Å². The van der Waals surface area contributed by atoms with E-state index in [0.717, 1.165) is 11.8 Å². The number of hydrogen-bond acceptors (Lipinski definition) is 3. The Labute approximate surface area is 170 Å². The standard InChI is InChI=1S/C19H22Cl2N2O3S/c1-13-15(20)7-4-9-17(13)22-19(24)11-6-12-23(27(3,25)26)18-10-5-8-16(21)14(18)2/h4-5,7-10H,6,11-12H2,1-3H3,(H,22,24). The molecule has 27 heavy (non-hydrogen) atoms. The Morgan fingerprint density at radius 3 is 2.26 bits per heavy atom. The minimum absolute atomic E-state index is 0.178. The SMILES string of the molecule is Cc1c(Cl)cccc1NC(=O)CCCN(c1cccc(Cl)c1C)S(C)(=O)=O. The molecule has 0 heterocycles. The summed E-state index contributed by atoms with van der Waals surface area (Å²) in [6.45, 7) is 3.78. The second kappa shape index (κ2) is 8.95. The molecule has 8 heteroatoms. The van der Waals surface area contributed by atoms with Gasteiger partial charge in [0.25, 0.3) is 0 Å². The third-order valence-corrected chi connectivity index (χ3v) is 6.21. The highest BCUT2D eigenvalue weighted by Crippen LogP contribution is 2.28. The lowest BCUT2D eigenvalue weighted by Gasteiger charge is -2.24. The smallest absolute Gasteiger partial charge is 0.232 e. The predicted molar refractivity (Wildman–Crippen MR) is 112 cm³/mol. The number of halogens is 2. The van der Waals surface area contributed by atoms with Crippen molar-refractivity contribution in [2.75, 3.05) is 22.4 Å². The zero-order valence-corrected chi connectivity index (χ0v) is 17.7. The Kier molecular flexibility index (Phi) is 7.14. The van der Waals surface area contributed by atoms with E-state index in [0.29, 0.717) is 33.4 Å². The Bertz CT molecular complexity index is 946. The first kappa shape index (κ1) is 21.5. The molecule has 0 fully saturated rings. The summed E-state index contributed by atoms with van der Waals surface area (Å²) < 4.78 is 25.7. The summed E-state index contributed by atoms with van der Waals surface area (Å²) in [5.74, 6) is -0.198. The summed E-state index contributed by atoms with van der Waals surface area (Å²) in [7, 11) is -3.50. The first-order valence-electron chi connectivity index (χ1n) is 8.39. The second-order valence-electron chi connectivity index (χ2n) is 6.28. The van der Waals surface area contributed by atoms with Gasteiger partial charge in [-0.1, -0.05) is 35.3 Å². The lowest BCUT2D eigenvalue weighted by Crippen LogP contribution is -2.32. The molecular formula is C19H22Cl2N2O3S. The van der Waals surface area contributed by atoms with Crippen molar-refractivity contribution in [1.82, 2.24) is 0 Å². The summed E-state index contributed by atoms with van der Waals surface area (Å²) in [5, 5.41) is 3.88. The first-order chi connectivity index (χ1) is 12.6. The predicted octanol–water partition coefficient (Wildman–Crippen LogP) is 4.80. The first-order valence-corrected chi connectivity index (χ1v) is 11.0. The minimum atomic E-state index is -3.50. The van der Waals surface area contributed by atoms with Crippen LogP contribution in [0.3, 0.4) is 0 Å². The molecule has 0 aliphatic carbocycles. The molecule has 1 N–H and O–H groups in total. The van der Waals surface area contributed by atoms with Crippen molar-refractivity contribution in [2.45, 2.75) is 26.7 Å². The van der Waals surface area contributed by atoms with Crippen molar-refractivity contribution in [3.8, 4) is 0 Å². The normalized spacial score (nSPS) is 11.3. The van der Waals surface area contributed by atoms with Crippen molar-refractivity contribution < 1.29 is 13.2 Å². The number of rotatable bonds is 7. The van der Waals surface area contributed by atoms with Crippen LogP contribution in [0.2, 0.25) is 10.0 Å². The van der Waals surface area contributed by atoms with E-state index < -0.39 is 10.0 Å². The molecule has 1 amide bonds.